The van der Waals surface area contributed by atoms with Crippen LogP contribution in [-0.4, -0.2) is 18.2 Å². The Bertz CT molecular complexity index is 678. The highest BCUT2D eigenvalue weighted by molar-refractivity contribution is 7.80. The fraction of sp³-hybridized carbons (Fsp3) is 0.250. The second kappa shape index (κ2) is 7.38. The Labute approximate surface area is 139 Å². The lowest BCUT2D eigenvalue weighted by Gasteiger charge is -2.10. The van der Waals surface area contributed by atoms with Crippen LogP contribution in [0.15, 0.2) is 30.3 Å². The molecule has 2 N–H and O–H groups in total. The molecule has 4 nitrogen and oxygen atoms in total. The zero-order chi connectivity index (χ0) is 16.1. The highest BCUT2D eigenvalue weighted by atomic mass is 32.1. The van der Waals surface area contributed by atoms with Crippen molar-refractivity contribution in [3.8, 4) is 0 Å². The predicted octanol–water partition coefficient (Wildman–Crippen LogP) is 4.21. The van der Waals surface area contributed by atoms with Gasteiger partial charge in [-0.2, -0.15) is 0 Å². The lowest BCUT2D eigenvalue weighted by Crippen LogP contribution is -2.19. The van der Waals surface area contributed by atoms with Gasteiger partial charge in [0.1, 0.15) is 5.00 Å². The number of ether oxygens (including phenoxy) is 1. The summed E-state index contributed by atoms with van der Waals surface area (Å²) in [6, 6.07) is 9.86. The molecule has 0 aliphatic rings. The molecule has 0 unspecified atom stereocenters. The van der Waals surface area contributed by atoms with Crippen molar-refractivity contribution in [2.24, 2.45) is 0 Å². The van der Waals surface area contributed by atoms with Gasteiger partial charge in [-0.1, -0.05) is 19.1 Å². The van der Waals surface area contributed by atoms with Crippen molar-refractivity contribution < 1.29 is 9.53 Å². The first kappa shape index (κ1) is 16.5. The summed E-state index contributed by atoms with van der Waals surface area (Å²) in [5, 5.41) is 7.30. The number of benzene rings is 1. The quantitative estimate of drug-likeness (QED) is 0.648. The molecule has 0 aliphatic heterocycles. The summed E-state index contributed by atoms with van der Waals surface area (Å²) in [5.74, 6) is -0.373. The zero-order valence-corrected chi connectivity index (χ0v) is 14.4. The van der Waals surface area contributed by atoms with Gasteiger partial charge in [0.25, 0.3) is 0 Å². The molecule has 2 rings (SSSR count). The molecule has 0 spiro atoms. The molecular formula is C16H18N2O2S2. The molecule has 22 heavy (non-hydrogen) atoms. The minimum absolute atomic E-state index is 0.373. The van der Waals surface area contributed by atoms with Crippen molar-refractivity contribution >= 4 is 45.3 Å². The van der Waals surface area contributed by atoms with E-state index < -0.39 is 0 Å². The first-order valence-electron chi connectivity index (χ1n) is 6.89. The molecule has 0 radical (unpaired) electrons. The summed E-state index contributed by atoms with van der Waals surface area (Å²) in [5.41, 5.74) is 2.67. The fourth-order valence-electron chi connectivity index (χ4n) is 1.96. The smallest absolute Gasteiger partial charge is 0.340 e. The van der Waals surface area contributed by atoms with Crippen LogP contribution in [0.5, 0.6) is 0 Å². The molecule has 0 saturated carbocycles. The Morgan fingerprint density at radius 3 is 2.55 bits per heavy atom. The zero-order valence-electron chi connectivity index (χ0n) is 12.7. The Balaban J connectivity index is 2.07. The van der Waals surface area contributed by atoms with Gasteiger partial charge < -0.3 is 15.4 Å². The lowest BCUT2D eigenvalue weighted by atomic mass is 10.1. The Kier molecular flexibility index (Phi) is 5.51. The molecule has 6 heteroatoms. The number of nitrogens with one attached hydrogen (secondary N) is 2. The Morgan fingerprint density at radius 2 is 1.95 bits per heavy atom. The minimum Gasteiger partial charge on any atom is -0.465 e. The summed E-state index contributed by atoms with van der Waals surface area (Å²) in [4.78, 5) is 12.8. The van der Waals surface area contributed by atoms with E-state index in [0.29, 0.717) is 15.7 Å². The molecule has 1 aromatic heterocycles. The van der Waals surface area contributed by atoms with Crippen molar-refractivity contribution in [3.05, 3.63) is 46.3 Å². The topological polar surface area (TPSA) is 50.4 Å². The summed E-state index contributed by atoms with van der Waals surface area (Å²) in [6.45, 7) is 4.05. The largest absolute Gasteiger partial charge is 0.465 e. The number of aryl methyl sites for hydroxylation is 2. The normalized spacial score (nSPS) is 10.1. The summed E-state index contributed by atoms with van der Waals surface area (Å²) >= 11 is 6.77. The maximum Gasteiger partial charge on any atom is 0.340 e. The molecule has 0 fully saturated rings. The van der Waals surface area contributed by atoms with E-state index in [2.05, 4.69) is 29.7 Å². The molecule has 2 aromatic rings. The van der Waals surface area contributed by atoms with Gasteiger partial charge in [0.05, 0.1) is 12.7 Å². The number of anilines is 2. The maximum atomic E-state index is 11.7. The van der Waals surface area contributed by atoms with E-state index in [9.17, 15) is 4.79 Å². The SMILES string of the molecule is CCc1ccc(NC(=S)Nc2sc(C)cc2C(=O)OC)cc1. The Morgan fingerprint density at radius 1 is 1.27 bits per heavy atom. The van der Waals surface area contributed by atoms with Gasteiger partial charge in [-0.3, -0.25) is 0 Å². The first-order chi connectivity index (χ1) is 10.5. The third-order valence-corrected chi connectivity index (χ3v) is 4.28. The van der Waals surface area contributed by atoms with Gasteiger partial charge in [-0.25, -0.2) is 4.79 Å². The third kappa shape index (κ3) is 4.05. The maximum absolute atomic E-state index is 11.7. The molecule has 1 heterocycles. The van der Waals surface area contributed by atoms with E-state index in [4.69, 9.17) is 17.0 Å². The molecule has 0 saturated heterocycles. The van der Waals surface area contributed by atoms with E-state index in [0.717, 1.165) is 17.0 Å². The van der Waals surface area contributed by atoms with Crippen LogP contribution in [-0.2, 0) is 11.2 Å². The van der Waals surface area contributed by atoms with Crippen LogP contribution in [0, 0.1) is 6.92 Å². The summed E-state index contributed by atoms with van der Waals surface area (Å²) in [6.07, 6.45) is 1.000. The van der Waals surface area contributed by atoms with Crippen molar-refractivity contribution in [1.29, 1.82) is 0 Å². The monoisotopic (exact) mass is 334 g/mol. The summed E-state index contributed by atoms with van der Waals surface area (Å²) in [7, 11) is 1.37. The fourth-order valence-corrected chi connectivity index (χ4v) is 3.15. The molecule has 116 valence electrons. The van der Waals surface area contributed by atoms with E-state index in [1.54, 1.807) is 6.07 Å². The van der Waals surface area contributed by atoms with Crippen LogP contribution in [0.3, 0.4) is 0 Å². The van der Waals surface area contributed by atoms with E-state index in [1.165, 1.54) is 24.0 Å². The van der Waals surface area contributed by atoms with Gasteiger partial charge in [-0.05, 0) is 49.3 Å². The number of rotatable bonds is 4. The second-order valence-corrected chi connectivity index (χ2v) is 6.39. The summed E-state index contributed by atoms with van der Waals surface area (Å²) < 4.78 is 4.78. The van der Waals surface area contributed by atoms with Crippen molar-refractivity contribution in [1.82, 2.24) is 0 Å². The molecule has 0 amide bonds. The number of hydrogen-bond donors (Lipinski definition) is 2. The number of methoxy groups -OCH3 is 1. The second-order valence-electron chi connectivity index (χ2n) is 4.72. The highest BCUT2D eigenvalue weighted by Gasteiger charge is 2.16. The van der Waals surface area contributed by atoms with Gasteiger partial charge in [0.2, 0.25) is 0 Å². The molecule has 0 atom stereocenters. The minimum atomic E-state index is -0.373. The predicted molar refractivity (Wildman–Crippen MR) is 96.1 cm³/mol. The van der Waals surface area contributed by atoms with Crippen LogP contribution >= 0.6 is 23.6 Å². The number of thiophene rings is 1. The van der Waals surface area contributed by atoms with Crippen LogP contribution in [0.1, 0.15) is 27.7 Å². The molecule has 0 aliphatic carbocycles. The van der Waals surface area contributed by atoms with E-state index >= 15 is 0 Å². The number of hydrogen-bond acceptors (Lipinski definition) is 4. The van der Waals surface area contributed by atoms with Crippen molar-refractivity contribution in [2.45, 2.75) is 20.3 Å². The van der Waals surface area contributed by atoms with Gasteiger partial charge in [0, 0.05) is 10.6 Å². The van der Waals surface area contributed by atoms with Crippen LogP contribution in [0.2, 0.25) is 0 Å². The molecule has 0 bridgehead atoms. The van der Waals surface area contributed by atoms with Crippen molar-refractivity contribution in [2.75, 3.05) is 17.7 Å². The lowest BCUT2D eigenvalue weighted by molar-refractivity contribution is 0.0602. The van der Waals surface area contributed by atoms with E-state index in [1.807, 2.05) is 19.1 Å². The first-order valence-corrected chi connectivity index (χ1v) is 8.11. The number of carbonyl (C=O) groups is 1. The molecule has 1 aromatic carbocycles. The van der Waals surface area contributed by atoms with E-state index in [-0.39, 0.29) is 5.97 Å². The van der Waals surface area contributed by atoms with Gasteiger partial charge in [-0.15, -0.1) is 11.3 Å². The van der Waals surface area contributed by atoms with Crippen LogP contribution < -0.4 is 10.6 Å². The third-order valence-electron chi connectivity index (χ3n) is 3.11. The standard InChI is InChI=1S/C16H18N2O2S2/c1-4-11-5-7-12(8-6-11)17-16(21)18-14-13(15(19)20-3)9-10(2)22-14/h5-9H,4H2,1-3H3,(H2,17,18,21). The number of esters is 1. The van der Waals surface area contributed by atoms with Crippen LogP contribution in [0.4, 0.5) is 10.7 Å². The number of thiocarbonyl (C=S) groups is 1. The van der Waals surface area contributed by atoms with Crippen molar-refractivity contribution in [3.63, 3.8) is 0 Å². The van der Waals surface area contributed by atoms with Gasteiger partial charge in [0.15, 0.2) is 5.11 Å². The van der Waals surface area contributed by atoms with Gasteiger partial charge >= 0.3 is 5.97 Å². The Hall–Kier alpha value is -1.92. The number of carbonyl (C=O) groups excluding carboxylic acids is 1. The highest BCUT2D eigenvalue weighted by Crippen LogP contribution is 2.28. The average molecular weight is 334 g/mol. The average Bonchev–Trinajstić information content (AvgIpc) is 2.87. The molecular weight excluding hydrogens is 316 g/mol. The van der Waals surface area contributed by atoms with Crippen LogP contribution in [0.25, 0.3) is 0 Å².